The molecule has 0 spiro atoms. The predicted octanol–water partition coefficient (Wildman–Crippen LogP) is 4.12. The zero-order valence-electron chi connectivity index (χ0n) is 22.3. The van der Waals surface area contributed by atoms with E-state index in [0.29, 0.717) is 30.7 Å². The number of nitrogens with one attached hydrogen (secondary N) is 2. The summed E-state index contributed by atoms with van der Waals surface area (Å²) < 4.78 is 2.13. The Morgan fingerprint density at radius 3 is 2.69 bits per heavy atom. The first-order valence-electron chi connectivity index (χ1n) is 14.0. The van der Waals surface area contributed by atoms with Crippen LogP contribution >= 0.6 is 0 Å². The minimum atomic E-state index is -0.0871. The highest BCUT2D eigenvalue weighted by Crippen LogP contribution is 2.38. The maximum Gasteiger partial charge on any atom is 0.314 e. The first kappa shape index (κ1) is 25.1. The number of hydrogen-bond acceptors (Lipinski definition) is 5. The minimum absolute atomic E-state index is 0.0871. The monoisotopic (exact) mass is 521 g/mol. The molecule has 4 N–H and O–H groups in total. The van der Waals surface area contributed by atoms with Crippen molar-refractivity contribution in [2.45, 2.75) is 51.0 Å². The Bertz CT molecular complexity index is 1600. The van der Waals surface area contributed by atoms with E-state index < -0.39 is 0 Å². The maximum absolute atomic E-state index is 11.8. The van der Waals surface area contributed by atoms with Gasteiger partial charge in [-0.15, -0.1) is 0 Å². The fraction of sp³-hybridized carbons (Fsp3) is 0.355. The summed E-state index contributed by atoms with van der Waals surface area (Å²) in [4.78, 5) is 26.5. The number of amides is 2. The Labute approximate surface area is 228 Å². The molecule has 1 atom stereocenters. The van der Waals surface area contributed by atoms with Crippen LogP contribution < -0.4 is 26.9 Å². The van der Waals surface area contributed by atoms with Gasteiger partial charge in [0.2, 0.25) is 0 Å². The van der Waals surface area contributed by atoms with Crippen LogP contribution in [0.4, 0.5) is 10.6 Å². The molecule has 2 aromatic heterocycles. The highest BCUT2D eigenvalue weighted by atomic mass is 16.2. The molecule has 39 heavy (non-hydrogen) atoms. The summed E-state index contributed by atoms with van der Waals surface area (Å²) in [5.41, 5.74) is 10.4. The average molecular weight is 522 g/mol. The summed E-state index contributed by atoms with van der Waals surface area (Å²) in [6.07, 6.45) is 11.0. The number of benzene rings is 2. The second-order valence-corrected chi connectivity index (χ2v) is 10.6. The van der Waals surface area contributed by atoms with Crippen molar-refractivity contribution in [1.29, 1.82) is 0 Å². The van der Waals surface area contributed by atoms with Crippen LogP contribution in [-0.4, -0.2) is 33.5 Å². The van der Waals surface area contributed by atoms with E-state index in [1.54, 1.807) is 6.20 Å². The average Bonchev–Trinajstić information content (AvgIpc) is 3.37. The first-order chi connectivity index (χ1) is 19.1. The number of nitrogen functional groups attached to an aromatic ring is 1. The molecular weight excluding hydrogens is 486 g/mol. The van der Waals surface area contributed by atoms with Gasteiger partial charge in [-0.05, 0) is 61.8 Å². The molecule has 6 rings (SSSR count). The Morgan fingerprint density at radius 1 is 1.08 bits per heavy atom. The SMILES string of the molecule is CCNC(=O)NCC1CCC(c2nc(-c3ccc4c(c3)=NC(c3ccccc3)CC=4)c3c(N)nccn23)CC1. The smallest absolute Gasteiger partial charge is 0.314 e. The van der Waals surface area contributed by atoms with Gasteiger partial charge in [-0.3, -0.25) is 9.39 Å². The van der Waals surface area contributed by atoms with E-state index in [9.17, 15) is 4.79 Å². The molecule has 8 nitrogen and oxygen atoms in total. The molecule has 1 aliphatic carbocycles. The molecule has 1 unspecified atom stereocenters. The van der Waals surface area contributed by atoms with Crippen molar-refractivity contribution in [3.05, 3.63) is 82.9 Å². The molecule has 2 aliphatic rings. The minimum Gasteiger partial charge on any atom is -0.382 e. The van der Waals surface area contributed by atoms with Gasteiger partial charge in [0.15, 0.2) is 0 Å². The maximum atomic E-state index is 11.8. The number of rotatable bonds is 6. The fourth-order valence-electron chi connectivity index (χ4n) is 5.98. The van der Waals surface area contributed by atoms with Gasteiger partial charge < -0.3 is 16.4 Å². The van der Waals surface area contributed by atoms with E-state index in [4.69, 9.17) is 15.7 Å². The van der Waals surface area contributed by atoms with E-state index in [2.05, 4.69) is 68.6 Å². The lowest BCUT2D eigenvalue weighted by Crippen LogP contribution is -2.38. The van der Waals surface area contributed by atoms with Crippen LogP contribution in [0.2, 0.25) is 0 Å². The van der Waals surface area contributed by atoms with E-state index in [0.717, 1.165) is 65.3 Å². The highest BCUT2D eigenvalue weighted by Gasteiger charge is 2.28. The molecule has 0 radical (unpaired) electrons. The van der Waals surface area contributed by atoms with Gasteiger partial charge in [0, 0.05) is 37.0 Å². The third-order valence-electron chi connectivity index (χ3n) is 8.06. The molecular formula is C31H35N7O. The Hall–Kier alpha value is -4.20. The van der Waals surface area contributed by atoms with Crippen molar-refractivity contribution in [2.75, 3.05) is 18.8 Å². The predicted molar refractivity (Wildman–Crippen MR) is 154 cm³/mol. The number of urea groups is 1. The molecule has 200 valence electrons. The Morgan fingerprint density at radius 2 is 1.90 bits per heavy atom. The topological polar surface area (TPSA) is 110 Å². The summed E-state index contributed by atoms with van der Waals surface area (Å²) >= 11 is 0. The zero-order chi connectivity index (χ0) is 26.8. The van der Waals surface area contributed by atoms with Crippen LogP contribution in [0.25, 0.3) is 22.9 Å². The number of anilines is 1. The molecule has 0 bridgehead atoms. The van der Waals surface area contributed by atoms with Gasteiger partial charge in [0.1, 0.15) is 22.9 Å². The molecule has 1 fully saturated rings. The van der Waals surface area contributed by atoms with Crippen molar-refractivity contribution in [3.63, 3.8) is 0 Å². The second kappa shape index (κ2) is 10.9. The van der Waals surface area contributed by atoms with Gasteiger partial charge >= 0.3 is 6.03 Å². The largest absolute Gasteiger partial charge is 0.382 e. The molecule has 2 aromatic carbocycles. The van der Waals surface area contributed by atoms with Gasteiger partial charge in [0.25, 0.3) is 0 Å². The summed E-state index contributed by atoms with van der Waals surface area (Å²) in [6, 6.07) is 16.9. The van der Waals surface area contributed by atoms with Gasteiger partial charge in [-0.2, -0.15) is 0 Å². The third kappa shape index (κ3) is 5.11. The summed E-state index contributed by atoms with van der Waals surface area (Å²) in [5, 5.41) is 7.94. The van der Waals surface area contributed by atoms with Crippen molar-refractivity contribution in [2.24, 2.45) is 10.9 Å². The number of nitrogens with two attached hydrogens (primary N) is 1. The number of hydrogen-bond donors (Lipinski definition) is 3. The van der Waals surface area contributed by atoms with Crippen LogP contribution in [0.15, 0.2) is 65.9 Å². The Kier molecular flexibility index (Phi) is 7.00. The van der Waals surface area contributed by atoms with Gasteiger partial charge in [0.05, 0.1) is 11.4 Å². The van der Waals surface area contributed by atoms with Crippen LogP contribution in [-0.2, 0) is 0 Å². The van der Waals surface area contributed by atoms with Crippen LogP contribution in [0, 0.1) is 5.92 Å². The van der Waals surface area contributed by atoms with Crippen molar-refractivity contribution >= 4 is 23.4 Å². The summed E-state index contributed by atoms with van der Waals surface area (Å²) in [7, 11) is 0. The van der Waals surface area contributed by atoms with Gasteiger partial charge in [-0.1, -0.05) is 48.5 Å². The summed E-state index contributed by atoms with van der Waals surface area (Å²) in [6.45, 7) is 3.27. The lowest BCUT2D eigenvalue weighted by molar-refractivity contribution is 0.235. The van der Waals surface area contributed by atoms with Crippen molar-refractivity contribution < 1.29 is 4.79 Å². The van der Waals surface area contributed by atoms with Crippen LogP contribution in [0.5, 0.6) is 0 Å². The normalized spacial score (nSPS) is 20.5. The molecule has 2 amide bonds. The quantitative estimate of drug-likeness (QED) is 0.355. The van der Waals surface area contributed by atoms with Crippen molar-refractivity contribution in [3.8, 4) is 11.3 Å². The van der Waals surface area contributed by atoms with Crippen LogP contribution in [0.1, 0.15) is 62.4 Å². The van der Waals surface area contributed by atoms with E-state index in [1.165, 1.54) is 5.56 Å². The lowest BCUT2D eigenvalue weighted by atomic mass is 9.81. The van der Waals surface area contributed by atoms with Gasteiger partial charge in [-0.25, -0.2) is 14.8 Å². The zero-order valence-corrected chi connectivity index (χ0v) is 22.3. The molecule has 3 heterocycles. The first-order valence-corrected chi connectivity index (χ1v) is 14.0. The number of aromatic nitrogens is 3. The van der Waals surface area contributed by atoms with Crippen LogP contribution in [0.3, 0.4) is 0 Å². The fourth-order valence-corrected chi connectivity index (χ4v) is 5.98. The number of imidazole rings is 1. The molecule has 4 aromatic rings. The molecule has 8 heteroatoms. The number of carbonyl (C=O) groups is 1. The standard InChI is InChI=1S/C31H35N7O/c1-2-33-31(39)35-19-20-8-10-23(11-9-20)30-37-27(28-29(32)34-16-17-38(28)30)24-13-12-22-14-15-25(36-26(22)18-24)21-6-4-3-5-7-21/h3-7,12-14,16-18,20,23,25H,2,8-11,15,19H2,1H3,(H2,32,34)(H2,33,35,39). The third-order valence-corrected chi connectivity index (χ3v) is 8.06. The van der Waals surface area contributed by atoms with E-state index in [1.807, 2.05) is 19.2 Å². The number of carbonyl (C=O) groups excluding carboxylic acids is 1. The van der Waals surface area contributed by atoms with Crippen molar-refractivity contribution in [1.82, 2.24) is 25.0 Å². The molecule has 1 aliphatic heterocycles. The molecule has 0 saturated heterocycles. The molecule has 1 saturated carbocycles. The summed E-state index contributed by atoms with van der Waals surface area (Å²) in [5.74, 6) is 2.33. The number of nitrogens with zero attached hydrogens (tertiary/aromatic N) is 4. The second-order valence-electron chi connectivity index (χ2n) is 10.6. The highest BCUT2D eigenvalue weighted by molar-refractivity contribution is 5.85. The number of fused-ring (bicyclic) bond motifs is 2. The Balaban J connectivity index is 1.30. The van der Waals surface area contributed by atoms with E-state index in [-0.39, 0.29) is 12.1 Å². The lowest BCUT2D eigenvalue weighted by Gasteiger charge is -2.28. The van der Waals surface area contributed by atoms with E-state index >= 15 is 0 Å².